The van der Waals surface area contributed by atoms with Crippen molar-refractivity contribution in [1.29, 1.82) is 0 Å². The van der Waals surface area contributed by atoms with Crippen molar-refractivity contribution in [2.45, 2.75) is 18.9 Å². The lowest BCUT2D eigenvalue weighted by molar-refractivity contribution is -0.135. The van der Waals surface area contributed by atoms with Gasteiger partial charge in [-0.1, -0.05) is 54.6 Å². The molecule has 1 atom stereocenters. The fourth-order valence-electron chi connectivity index (χ4n) is 3.83. The number of benzene rings is 2. The number of urea groups is 1. The summed E-state index contributed by atoms with van der Waals surface area (Å²) in [7, 11) is 0. The van der Waals surface area contributed by atoms with E-state index in [-0.39, 0.29) is 37.4 Å². The first-order chi connectivity index (χ1) is 13.1. The Morgan fingerprint density at radius 3 is 2.48 bits per heavy atom. The van der Waals surface area contributed by atoms with Gasteiger partial charge in [0, 0.05) is 19.5 Å². The number of carbonyl (C=O) groups is 3. The van der Waals surface area contributed by atoms with Gasteiger partial charge in [-0.05, 0) is 23.1 Å². The lowest BCUT2D eigenvalue weighted by Crippen LogP contribution is -2.53. The van der Waals surface area contributed by atoms with Gasteiger partial charge < -0.3 is 9.80 Å². The van der Waals surface area contributed by atoms with E-state index in [2.05, 4.69) is 17.4 Å². The molecule has 0 radical (unpaired) electrons. The molecule has 6 nitrogen and oxygen atoms in total. The monoisotopic (exact) mass is 363 g/mol. The summed E-state index contributed by atoms with van der Waals surface area (Å²) in [5, 5.41) is 2.27. The van der Waals surface area contributed by atoms with Crippen LogP contribution in [0.1, 0.15) is 29.2 Å². The van der Waals surface area contributed by atoms with E-state index in [9.17, 15) is 14.4 Å². The van der Waals surface area contributed by atoms with Crippen molar-refractivity contribution in [2.75, 3.05) is 19.6 Å². The number of hydrogen-bond acceptors (Lipinski definition) is 3. The van der Waals surface area contributed by atoms with E-state index >= 15 is 0 Å². The smallest absolute Gasteiger partial charge is 0.324 e. The van der Waals surface area contributed by atoms with Crippen LogP contribution in [0.2, 0.25) is 0 Å². The van der Waals surface area contributed by atoms with Gasteiger partial charge >= 0.3 is 6.03 Å². The summed E-state index contributed by atoms with van der Waals surface area (Å²) in [5.74, 6) is -0.402. The molecule has 27 heavy (non-hydrogen) atoms. The number of rotatable bonds is 3. The Bertz CT molecular complexity index is 881. The highest BCUT2D eigenvalue weighted by Gasteiger charge is 2.34. The quantitative estimate of drug-likeness (QED) is 0.908. The van der Waals surface area contributed by atoms with Gasteiger partial charge in [0.1, 0.15) is 6.54 Å². The standard InChI is InChI=1S/C21H21N3O3/c25-18-11-12-23(21(27)22-18)14-19(26)24-13-10-15-6-4-5-9-17(15)20(24)16-7-2-1-3-8-16/h1-9,20H,10-14H2,(H,22,25,27)/t20-/m1/s1. The molecule has 1 saturated heterocycles. The van der Waals surface area contributed by atoms with Crippen LogP contribution < -0.4 is 5.32 Å². The maximum atomic E-state index is 13.1. The average molecular weight is 363 g/mol. The van der Waals surface area contributed by atoms with E-state index in [0.717, 1.165) is 17.5 Å². The minimum absolute atomic E-state index is 0.0232. The topological polar surface area (TPSA) is 69.7 Å². The van der Waals surface area contributed by atoms with Crippen molar-refractivity contribution in [3.8, 4) is 0 Å². The van der Waals surface area contributed by atoms with Crippen LogP contribution in [0, 0.1) is 0 Å². The third-order valence-corrected chi connectivity index (χ3v) is 5.19. The molecule has 6 heteroatoms. The zero-order valence-electron chi connectivity index (χ0n) is 14.9. The van der Waals surface area contributed by atoms with Gasteiger partial charge in [-0.15, -0.1) is 0 Å². The zero-order valence-corrected chi connectivity index (χ0v) is 14.9. The molecular formula is C21H21N3O3. The molecule has 0 spiro atoms. The SMILES string of the molecule is O=C1CCN(CC(=O)N2CCc3ccccc3[C@H]2c2ccccc2)C(=O)N1. The number of imide groups is 1. The van der Waals surface area contributed by atoms with Crippen molar-refractivity contribution >= 4 is 17.8 Å². The summed E-state index contributed by atoms with van der Waals surface area (Å²) in [6, 6.07) is 17.5. The van der Waals surface area contributed by atoms with Crippen LogP contribution in [0.3, 0.4) is 0 Å². The van der Waals surface area contributed by atoms with Crippen molar-refractivity contribution < 1.29 is 14.4 Å². The van der Waals surface area contributed by atoms with Crippen LogP contribution in [0.4, 0.5) is 4.79 Å². The Morgan fingerprint density at radius 2 is 1.70 bits per heavy atom. The summed E-state index contributed by atoms with van der Waals surface area (Å²) < 4.78 is 0. The molecule has 2 heterocycles. The molecule has 2 aliphatic rings. The minimum atomic E-state index is -0.492. The summed E-state index contributed by atoms with van der Waals surface area (Å²) in [6.07, 6.45) is 1.01. The predicted octanol–water partition coefficient (Wildman–Crippen LogP) is 2.10. The van der Waals surface area contributed by atoms with Crippen LogP contribution >= 0.6 is 0 Å². The maximum absolute atomic E-state index is 13.1. The van der Waals surface area contributed by atoms with Gasteiger partial charge in [-0.25, -0.2) is 4.79 Å². The van der Waals surface area contributed by atoms with Gasteiger partial charge in [0.15, 0.2) is 0 Å². The normalized spacial score (nSPS) is 19.5. The van der Waals surface area contributed by atoms with Crippen LogP contribution in [-0.4, -0.2) is 47.3 Å². The van der Waals surface area contributed by atoms with Crippen molar-refractivity contribution in [3.05, 3.63) is 71.3 Å². The average Bonchev–Trinajstić information content (AvgIpc) is 2.70. The van der Waals surface area contributed by atoms with E-state index in [0.29, 0.717) is 6.54 Å². The Balaban J connectivity index is 1.62. The fourth-order valence-corrected chi connectivity index (χ4v) is 3.83. The van der Waals surface area contributed by atoms with Crippen molar-refractivity contribution in [1.82, 2.24) is 15.1 Å². The molecule has 0 unspecified atom stereocenters. The Labute approximate surface area is 157 Å². The third-order valence-electron chi connectivity index (χ3n) is 5.19. The number of carbonyl (C=O) groups excluding carboxylic acids is 3. The molecule has 0 aromatic heterocycles. The first kappa shape index (κ1) is 17.3. The van der Waals surface area contributed by atoms with Gasteiger partial charge in [-0.3, -0.25) is 14.9 Å². The van der Waals surface area contributed by atoms with Crippen molar-refractivity contribution in [3.63, 3.8) is 0 Å². The van der Waals surface area contributed by atoms with Crippen LogP contribution in [-0.2, 0) is 16.0 Å². The lowest BCUT2D eigenvalue weighted by atomic mass is 9.88. The van der Waals surface area contributed by atoms with E-state index in [1.807, 2.05) is 47.4 Å². The number of nitrogens with one attached hydrogen (secondary N) is 1. The molecule has 4 rings (SSSR count). The van der Waals surface area contributed by atoms with E-state index in [4.69, 9.17) is 0 Å². The van der Waals surface area contributed by atoms with E-state index in [1.54, 1.807) is 0 Å². The molecule has 0 aliphatic carbocycles. The molecule has 0 saturated carbocycles. The number of hydrogen-bond donors (Lipinski definition) is 1. The lowest BCUT2D eigenvalue weighted by Gasteiger charge is -2.39. The summed E-state index contributed by atoms with van der Waals surface area (Å²) >= 11 is 0. The van der Waals surface area contributed by atoms with Crippen LogP contribution in [0.15, 0.2) is 54.6 Å². The number of amides is 4. The molecule has 1 fully saturated rings. The predicted molar refractivity (Wildman–Crippen MR) is 99.9 cm³/mol. The third kappa shape index (κ3) is 3.43. The first-order valence-corrected chi connectivity index (χ1v) is 9.14. The Morgan fingerprint density at radius 1 is 0.963 bits per heavy atom. The van der Waals surface area contributed by atoms with Gasteiger partial charge in [-0.2, -0.15) is 0 Å². The van der Waals surface area contributed by atoms with E-state index < -0.39 is 6.03 Å². The molecule has 0 bridgehead atoms. The second kappa shape index (κ2) is 7.23. The minimum Gasteiger partial charge on any atom is -0.330 e. The molecular weight excluding hydrogens is 342 g/mol. The zero-order chi connectivity index (χ0) is 18.8. The van der Waals surface area contributed by atoms with Gasteiger partial charge in [0.2, 0.25) is 11.8 Å². The summed E-state index contributed by atoms with van der Waals surface area (Å²) in [4.78, 5) is 39.7. The molecule has 2 aromatic rings. The van der Waals surface area contributed by atoms with Crippen LogP contribution in [0.25, 0.3) is 0 Å². The van der Waals surface area contributed by atoms with Crippen LogP contribution in [0.5, 0.6) is 0 Å². The number of fused-ring (bicyclic) bond motifs is 1. The fraction of sp³-hybridized carbons (Fsp3) is 0.286. The molecule has 2 aromatic carbocycles. The second-order valence-corrected chi connectivity index (χ2v) is 6.87. The summed E-state index contributed by atoms with van der Waals surface area (Å²) in [6.45, 7) is 0.852. The molecule has 1 N–H and O–H groups in total. The number of nitrogens with zero attached hydrogens (tertiary/aromatic N) is 2. The second-order valence-electron chi connectivity index (χ2n) is 6.87. The first-order valence-electron chi connectivity index (χ1n) is 9.14. The largest absolute Gasteiger partial charge is 0.330 e. The molecule has 4 amide bonds. The van der Waals surface area contributed by atoms with Crippen molar-refractivity contribution in [2.24, 2.45) is 0 Å². The van der Waals surface area contributed by atoms with E-state index in [1.165, 1.54) is 10.5 Å². The highest BCUT2D eigenvalue weighted by Crippen LogP contribution is 2.35. The summed E-state index contributed by atoms with van der Waals surface area (Å²) in [5.41, 5.74) is 3.43. The van der Waals surface area contributed by atoms with Gasteiger partial charge in [0.25, 0.3) is 0 Å². The molecule has 138 valence electrons. The Hall–Kier alpha value is -3.15. The Kier molecular flexibility index (Phi) is 4.62. The maximum Gasteiger partial charge on any atom is 0.324 e. The molecule has 2 aliphatic heterocycles. The highest BCUT2D eigenvalue weighted by molar-refractivity contribution is 5.98. The highest BCUT2D eigenvalue weighted by atomic mass is 16.2. The van der Waals surface area contributed by atoms with Gasteiger partial charge in [0.05, 0.1) is 6.04 Å².